The molecule has 27 heavy (non-hydrogen) atoms. The maximum absolute atomic E-state index is 13.9. The van der Waals surface area contributed by atoms with Crippen molar-refractivity contribution in [3.8, 4) is 0 Å². The number of rotatable bonds is 1. The van der Waals surface area contributed by atoms with E-state index in [9.17, 15) is 4.79 Å². The first kappa shape index (κ1) is 16.7. The molecule has 2 aliphatic rings. The standard InChI is InChI=1S/C23H24N2O2/c1-15-9-10-19-17(11-15)18-12-24(3)13-20-21(18)25(19)22(26)23(2,14-27-20)16-7-5-4-6-8-16/h4-11,20H,12-14H2,1-3H3. The van der Waals surface area contributed by atoms with E-state index < -0.39 is 5.41 Å². The Balaban J connectivity index is 1.81. The van der Waals surface area contributed by atoms with Gasteiger partial charge in [0.25, 0.3) is 0 Å². The zero-order valence-electron chi connectivity index (χ0n) is 16.0. The van der Waals surface area contributed by atoms with Crippen molar-refractivity contribution >= 4 is 16.8 Å². The summed E-state index contributed by atoms with van der Waals surface area (Å²) in [5.41, 5.74) is 4.80. The molecule has 138 valence electrons. The fourth-order valence-electron chi connectivity index (χ4n) is 4.64. The molecule has 5 rings (SSSR count). The number of likely N-dealkylation sites (N-methyl/N-ethyl adjacent to an activating group) is 1. The molecule has 2 aromatic carbocycles. The van der Waals surface area contributed by atoms with Crippen molar-refractivity contribution in [3.05, 3.63) is 70.9 Å². The number of aryl methyl sites for hydroxylation is 1. The first-order valence-corrected chi connectivity index (χ1v) is 9.53. The summed E-state index contributed by atoms with van der Waals surface area (Å²) in [5, 5.41) is 1.18. The van der Waals surface area contributed by atoms with Crippen molar-refractivity contribution in [1.29, 1.82) is 0 Å². The van der Waals surface area contributed by atoms with Gasteiger partial charge in [0, 0.05) is 18.5 Å². The van der Waals surface area contributed by atoms with Crippen LogP contribution in [0.3, 0.4) is 0 Å². The minimum Gasteiger partial charge on any atom is -0.369 e. The van der Waals surface area contributed by atoms with Gasteiger partial charge in [0.1, 0.15) is 6.10 Å². The summed E-state index contributed by atoms with van der Waals surface area (Å²) in [4.78, 5) is 16.2. The first-order chi connectivity index (χ1) is 13.0. The van der Waals surface area contributed by atoms with Gasteiger partial charge in [0.05, 0.1) is 23.2 Å². The maximum atomic E-state index is 13.9. The fourth-order valence-corrected chi connectivity index (χ4v) is 4.64. The number of ether oxygens (including phenoxy) is 1. The molecule has 0 bridgehead atoms. The lowest BCUT2D eigenvalue weighted by atomic mass is 9.82. The zero-order chi connectivity index (χ0) is 18.8. The highest BCUT2D eigenvalue weighted by Crippen LogP contribution is 2.42. The van der Waals surface area contributed by atoms with Gasteiger partial charge in [-0.1, -0.05) is 42.0 Å². The van der Waals surface area contributed by atoms with Crippen LogP contribution >= 0.6 is 0 Å². The Labute approximate surface area is 159 Å². The lowest BCUT2D eigenvalue weighted by Gasteiger charge is -2.30. The molecule has 1 aromatic heterocycles. The normalized spacial score (nSPS) is 25.4. The van der Waals surface area contributed by atoms with Gasteiger partial charge in [0.2, 0.25) is 5.91 Å². The van der Waals surface area contributed by atoms with Crippen LogP contribution in [0.2, 0.25) is 0 Å². The minimum atomic E-state index is -0.707. The summed E-state index contributed by atoms with van der Waals surface area (Å²) < 4.78 is 8.36. The topological polar surface area (TPSA) is 34.5 Å². The Hall–Kier alpha value is -2.43. The summed E-state index contributed by atoms with van der Waals surface area (Å²) in [7, 11) is 2.12. The van der Waals surface area contributed by atoms with Crippen LogP contribution in [-0.4, -0.2) is 35.6 Å². The van der Waals surface area contributed by atoms with Gasteiger partial charge in [-0.3, -0.25) is 14.3 Å². The summed E-state index contributed by atoms with van der Waals surface area (Å²) >= 11 is 0. The molecule has 3 aromatic rings. The molecule has 0 radical (unpaired) electrons. The van der Waals surface area contributed by atoms with Crippen molar-refractivity contribution in [2.24, 2.45) is 0 Å². The highest BCUT2D eigenvalue weighted by atomic mass is 16.5. The second kappa shape index (κ2) is 5.78. The lowest BCUT2D eigenvalue weighted by molar-refractivity contribution is 0.00341. The van der Waals surface area contributed by atoms with E-state index in [-0.39, 0.29) is 12.0 Å². The molecule has 0 N–H and O–H groups in total. The number of fused-ring (bicyclic) bond motifs is 3. The van der Waals surface area contributed by atoms with Gasteiger partial charge in [-0.25, -0.2) is 0 Å². The van der Waals surface area contributed by atoms with Crippen LogP contribution < -0.4 is 0 Å². The van der Waals surface area contributed by atoms with Gasteiger partial charge in [-0.15, -0.1) is 0 Å². The van der Waals surface area contributed by atoms with E-state index in [4.69, 9.17) is 4.74 Å². The van der Waals surface area contributed by atoms with Gasteiger partial charge in [-0.2, -0.15) is 0 Å². The van der Waals surface area contributed by atoms with Gasteiger partial charge >= 0.3 is 0 Å². The van der Waals surface area contributed by atoms with Gasteiger partial charge in [-0.05, 0) is 44.2 Å². The van der Waals surface area contributed by atoms with E-state index in [0.717, 1.165) is 29.9 Å². The number of benzene rings is 2. The molecular weight excluding hydrogens is 336 g/mol. The van der Waals surface area contributed by atoms with Crippen molar-refractivity contribution in [2.45, 2.75) is 31.9 Å². The number of hydrogen-bond acceptors (Lipinski definition) is 3. The third kappa shape index (κ3) is 2.33. The van der Waals surface area contributed by atoms with Gasteiger partial charge in [0.15, 0.2) is 0 Å². The second-order valence-electron chi connectivity index (χ2n) is 8.22. The summed E-state index contributed by atoms with van der Waals surface area (Å²) in [6, 6.07) is 16.4. The molecule has 0 amide bonds. The largest absolute Gasteiger partial charge is 0.369 e. The molecule has 0 saturated carbocycles. The van der Waals surface area contributed by atoms with E-state index in [1.54, 1.807) is 0 Å². The van der Waals surface area contributed by atoms with Crippen molar-refractivity contribution < 1.29 is 9.53 Å². The Bertz CT molecular complexity index is 1050. The molecule has 2 aliphatic heterocycles. The number of carbonyl (C=O) groups excluding carboxylic acids is 1. The number of nitrogens with zero attached hydrogens (tertiary/aromatic N) is 2. The predicted molar refractivity (Wildman–Crippen MR) is 106 cm³/mol. The highest BCUT2D eigenvalue weighted by molar-refractivity contribution is 6.01. The third-order valence-corrected chi connectivity index (χ3v) is 6.14. The molecule has 0 saturated heterocycles. The summed E-state index contributed by atoms with van der Waals surface area (Å²) in [5.74, 6) is 0.107. The van der Waals surface area contributed by atoms with Crippen LogP contribution in [0.15, 0.2) is 48.5 Å². The van der Waals surface area contributed by atoms with Crippen LogP contribution in [0, 0.1) is 6.92 Å². The molecule has 4 heteroatoms. The SMILES string of the molecule is Cc1ccc2c(c1)c1c3n2C(=O)C(C)(c2ccccc2)COC3CN(C)C1. The average Bonchev–Trinajstić information content (AvgIpc) is 2.93. The van der Waals surface area contributed by atoms with Crippen LogP contribution in [0.25, 0.3) is 10.9 Å². The molecule has 0 aliphatic carbocycles. The molecule has 4 nitrogen and oxygen atoms in total. The smallest absolute Gasteiger partial charge is 0.244 e. The fraction of sp³-hybridized carbons (Fsp3) is 0.348. The maximum Gasteiger partial charge on any atom is 0.244 e. The number of hydrogen-bond donors (Lipinski definition) is 0. The minimum absolute atomic E-state index is 0.0825. The van der Waals surface area contributed by atoms with E-state index in [0.29, 0.717) is 6.61 Å². The number of aromatic nitrogens is 1. The Morgan fingerprint density at radius 1 is 1.15 bits per heavy atom. The lowest BCUT2D eigenvalue weighted by Crippen LogP contribution is -2.39. The molecule has 0 fully saturated rings. The Kier molecular flexibility index (Phi) is 3.58. The first-order valence-electron chi connectivity index (χ1n) is 9.53. The summed E-state index contributed by atoms with van der Waals surface area (Å²) in [6.45, 7) is 6.16. The predicted octanol–water partition coefficient (Wildman–Crippen LogP) is 4.06. The van der Waals surface area contributed by atoms with Crippen molar-refractivity contribution in [3.63, 3.8) is 0 Å². The third-order valence-electron chi connectivity index (χ3n) is 6.14. The van der Waals surface area contributed by atoms with Crippen LogP contribution in [0.1, 0.15) is 40.2 Å². The quantitative estimate of drug-likeness (QED) is 0.656. The van der Waals surface area contributed by atoms with Crippen molar-refractivity contribution in [2.75, 3.05) is 20.2 Å². The summed E-state index contributed by atoms with van der Waals surface area (Å²) in [6.07, 6.45) is -0.0825. The molecule has 2 unspecified atom stereocenters. The van der Waals surface area contributed by atoms with Crippen molar-refractivity contribution in [1.82, 2.24) is 9.47 Å². The van der Waals surface area contributed by atoms with Gasteiger partial charge < -0.3 is 4.74 Å². The monoisotopic (exact) mass is 360 g/mol. The van der Waals surface area contributed by atoms with E-state index in [2.05, 4.69) is 37.1 Å². The molecule has 0 spiro atoms. The van der Waals surface area contributed by atoms with Crippen LogP contribution in [-0.2, 0) is 16.7 Å². The number of carbonyl (C=O) groups is 1. The molecular formula is C23H24N2O2. The van der Waals surface area contributed by atoms with Crippen LogP contribution in [0.4, 0.5) is 0 Å². The van der Waals surface area contributed by atoms with E-state index >= 15 is 0 Å². The zero-order valence-corrected chi connectivity index (χ0v) is 16.0. The Morgan fingerprint density at radius 2 is 1.93 bits per heavy atom. The molecule has 3 heterocycles. The second-order valence-corrected chi connectivity index (χ2v) is 8.22. The van der Waals surface area contributed by atoms with E-state index in [1.165, 1.54) is 16.5 Å². The average molecular weight is 360 g/mol. The molecule has 2 atom stereocenters. The highest BCUT2D eigenvalue weighted by Gasteiger charge is 2.45. The van der Waals surface area contributed by atoms with Crippen LogP contribution in [0.5, 0.6) is 0 Å². The Morgan fingerprint density at radius 3 is 2.70 bits per heavy atom. The van der Waals surface area contributed by atoms with E-state index in [1.807, 2.05) is 41.8 Å².